The number of nitrogens with two attached hydrogens (primary N) is 1. The molecule has 6 heteroatoms. The van der Waals surface area contributed by atoms with Crippen LogP contribution in [-0.4, -0.2) is 43.5 Å². The largest absolute Gasteiger partial charge is 0.356 e. The van der Waals surface area contributed by atoms with E-state index in [1.165, 1.54) is 0 Å². The van der Waals surface area contributed by atoms with Crippen molar-refractivity contribution in [3.05, 3.63) is 0 Å². The summed E-state index contributed by atoms with van der Waals surface area (Å²) in [4.78, 5) is 13.6. The molecule has 0 aliphatic rings. The molecule has 0 rings (SSSR count). The molecule has 0 aliphatic carbocycles. The van der Waals surface area contributed by atoms with Crippen LogP contribution in [0.5, 0.6) is 0 Å². The van der Waals surface area contributed by atoms with Gasteiger partial charge in [-0.15, -0.1) is 24.8 Å². The van der Waals surface area contributed by atoms with E-state index >= 15 is 0 Å². The van der Waals surface area contributed by atoms with Crippen LogP contribution in [-0.2, 0) is 4.79 Å². The Kier molecular flexibility index (Phi) is 20.8. The SMILES string of the molecule is CCN(CC)CCCNC(=O)CCCN.Cl.Cl. The van der Waals surface area contributed by atoms with Crippen LogP contribution in [0.4, 0.5) is 0 Å². The molecule has 3 N–H and O–H groups in total. The van der Waals surface area contributed by atoms with E-state index in [1.807, 2.05) is 0 Å². The zero-order valence-corrected chi connectivity index (χ0v) is 12.5. The van der Waals surface area contributed by atoms with Crippen molar-refractivity contribution in [1.29, 1.82) is 0 Å². The Balaban J connectivity index is -0.000000980. The fraction of sp³-hybridized carbons (Fsp3) is 0.909. The normalized spacial score (nSPS) is 9.41. The van der Waals surface area contributed by atoms with Crippen LogP contribution < -0.4 is 11.1 Å². The number of hydrogen-bond donors (Lipinski definition) is 2. The molecule has 0 aliphatic heterocycles. The van der Waals surface area contributed by atoms with Crippen molar-refractivity contribution in [3.63, 3.8) is 0 Å². The van der Waals surface area contributed by atoms with Gasteiger partial charge in [0, 0.05) is 13.0 Å². The highest BCUT2D eigenvalue weighted by molar-refractivity contribution is 5.85. The second kappa shape index (κ2) is 16.0. The molecule has 0 aromatic rings. The summed E-state index contributed by atoms with van der Waals surface area (Å²) in [7, 11) is 0. The smallest absolute Gasteiger partial charge is 0.220 e. The molecular formula is C11H27Cl2N3O. The van der Waals surface area contributed by atoms with E-state index in [4.69, 9.17) is 5.73 Å². The number of amides is 1. The first-order chi connectivity index (χ1) is 7.24. The van der Waals surface area contributed by atoms with Crippen LogP contribution >= 0.6 is 24.8 Å². The summed E-state index contributed by atoms with van der Waals surface area (Å²) in [5, 5.41) is 2.90. The lowest BCUT2D eigenvalue weighted by molar-refractivity contribution is -0.121. The molecule has 0 saturated carbocycles. The van der Waals surface area contributed by atoms with Crippen molar-refractivity contribution in [2.45, 2.75) is 33.1 Å². The Morgan fingerprint density at radius 3 is 2.24 bits per heavy atom. The number of halogens is 2. The molecule has 0 aromatic heterocycles. The second-order valence-corrected chi connectivity index (χ2v) is 3.62. The number of hydrogen-bond acceptors (Lipinski definition) is 3. The summed E-state index contributed by atoms with van der Waals surface area (Å²) in [5.74, 6) is 0.125. The van der Waals surface area contributed by atoms with Crippen LogP contribution in [0, 0.1) is 0 Å². The number of carbonyl (C=O) groups is 1. The predicted octanol–water partition coefficient (Wildman–Crippen LogP) is 1.42. The van der Waals surface area contributed by atoms with E-state index in [0.29, 0.717) is 13.0 Å². The zero-order chi connectivity index (χ0) is 11.5. The predicted molar refractivity (Wildman–Crippen MR) is 78.2 cm³/mol. The molecule has 106 valence electrons. The Morgan fingerprint density at radius 2 is 1.76 bits per heavy atom. The van der Waals surface area contributed by atoms with Gasteiger partial charge in [0.25, 0.3) is 0 Å². The van der Waals surface area contributed by atoms with Gasteiger partial charge in [-0.3, -0.25) is 4.79 Å². The first-order valence-corrected chi connectivity index (χ1v) is 5.93. The lowest BCUT2D eigenvalue weighted by Crippen LogP contribution is -2.30. The van der Waals surface area contributed by atoms with Crippen molar-refractivity contribution < 1.29 is 4.79 Å². The Bertz CT molecular complexity index is 167. The van der Waals surface area contributed by atoms with Crippen molar-refractivity contribution in [1.82, 2.24) is 10.2 Å². The van der Waals surface area contributed by atoms with Crippen LogP contribution in [0.2, 0.25) is 0 Å². The molecule has 1 amide bonds. The Labute approximate surface area is 118 Å². The number of nitrogens with zero attached hydrogens (tertiary/aromatic N) is 1. The average Bonchev–Trinajstić information content (AvgIpc) is 2.26. The maximum Gasteiger partial charge on any atom is 0.220 e. The lowest BCUT2D eigenvalue weighted by Gasteiger charge is -2.17. The summed E-state index contributed by atoms with van der Waals surface area (Å²) in [6.07, 6.45) is 2.36. The van der Waals surface area contributed by atoms with Crippen molar-refractivity contribution in [2.75, 3.05) is 32.7 Å². The van der Waals surface area contributed by atoms with Crippen LogP contribution in [0.3, 0.4) is 0 Å². The van der Waals surface area contributed by atoms with Gasteiger partial charge in [0.05, 0.1) is 0 Å². The average molecular weight is 288 g/mol. The highest BCUT2D eigenvalue weighted by Crippen LogP contribution is 1.90. The minimum atomic E-state index is 0. The Morgan fingerprint density at radius 1 is 1.18 bits per heavy atom. The molecule has 0 saturated heterocycles. The van der Waals surface area contributed by atoms with Gasteiger partial charge in [-0.05, 0) is 39.0 Å². The number of nitrogens with one attached hydrogen (secondary N) is 1. The molecule has 0 heterocycles. The third-order valence-electron chi connectivity index (χ3n) is 2.48. The highest BCUT2D eigenvalue weighted by atomic mass is 35.5. The summed E-state index contributed by atoms with van der Waals surface area (Å²) < 4.78 is 0. The van der Waals surface area contributed by atoms with Gasteiger partial charge in [0.2, 0.25) is 5.91 Å². The van der Waals surface area contributed by atoms with E-state index < -0.39 is 0 Å². The van der Waals surface area contributed by atoms with Gasteiger partial charge in [-0.1, -0.05) is 13.8 Å². The van der Waals surface area contributed by atoms with Crippen LogP contribution in [0.15, 0.2) is 0 Å². The fourth-order valence-electron chi connectivity index (χ4n) is 1.42. The first-order valence-electron chi connectivity index (χ1n) is 5.93. The molecule has 0 fully saturated rings. The van der Waals surface area contributed by atoms with Crippen molar-refractivity contribution >= 4 is 30.7 Å². The van der Waals surface area contributed by atoms with Gasteiger partial charge in [0.15, 0.2) is 0 Å². The minimum Gasteiger partial charge on any atom is -0.356 e. The topological polar surface area (TPSA) is 58.4 Å². The molecule has 4 nitrogen and oxygen atoms in total. The summed E-state index contributed by atoms with van der Waals surface area (Å²) in [5.41, 5.74) is 5.32. The second-order valence-electron chi connectivity index (χ2n) is 3.62. The molecule has 0 radical (unpaired) electrons. The number of carbonyl (C=O) groups excluding carboxylic acids is 1. The molecule has 0 spiro atoms. The highest BCUT2D eigenvalue weighted by Gasteiger charge is 2.01. The standard InChI is InChI=1S/C11H25N3O.2ClH/c1-3-14(4-2)10-6-9-13-11(15)7-5-8-12;;/h3-10,12H2,1-2H3,(H,13,15);2*1H. The monoisotopic (exact) mass is 287 g/mol. The summed E-state index contributed by atoms with van der Waals surface area (Å²) >= 11 is 0. The maximum absolute atomic E-state index is 11.2. The van der Waals surface area contributed by atoms with Crippen molar-refractivity contribution in [3.8, 4) is 0 Å². The van der Waals surface area contributed by atoms with E-state index in [0.717, 1.165) is 39.0 Å². The van der Waals surface area contributed by atoms with Gasteiger partial charge in [-0.2, -0.15) is 0 Å². The van der Waals surface area contributed by atoms with E-state index in [2.05, 4.69) is 24.1 Å². The summed E-state index contributed by atoms with van der Waals surface area (Å²) in [6, 6.07) is 0. The van der Waals surface area contributed by atoms with Gasteiger partial charge in [0.1, 0.15) is 0 Å². The maximum atomic E-state index is 11.2. The Hall–Kier alpha value is -0.0300. The molecule has 17 heavy (non-hydrogen) atoms. The van der Waals surface area contributed by atoms with Gasteiger partial charge < -0.3 is 16.0 Å². The van der Waals surface area contributed by atoms with Gasteiger partial charge >= 0.3 is 0 Å². The van der Waals surface area contributed by atoms with Crippen LogP contribution in [0.25, 0.3) is 0 Å². The van der Waals surface area contributed by atoms with E-state index in [1.54, 1.807) is 0 Å². The fourth-order valence-corrected chi connectivity index (χ4v) is 1.42. The van der Waals surface area contributed by atoms with Crippen LogP contribution in [0.1, 0.15) is 33.1 Å². The summed E-state index contributed by atoms with van der Waals surface area (Å²) in [6.45, 7) is 8.90. The quantitative estimate of drug-likeness (QED) is 0.631. The molecule has 0 bridgehead atoms. The molecule has 0 unspecified atom stereocenters. The minimum absolute atomic E-state index is 0. The lowest BCUT2D eigenvalue weighted by atomic mass is 10.3. The van der Waals surface area contributed by atoms with Gasteiger partial charge in [-0.25, -0.2) is 0 Å². The third-order valence-corrected chi connectivity index (χ3v) is 2.48. The van der Waals surface area contributed by atoms with E-state index in [9.17, 15) is 4.79 Å². The zero-order valence-electron chi connectivity index (χ0n) is 10.9. The first kappa shape index (κ1) is 22.2. The van der Waals surface area contributed by atoms with E-state index in [-0.39, 0.29) is 30.7 Å². The third kappa shape index (κ3) is 13.9. The molecule has 0 atom stereocenters. The molecule has 0 aromatic carbocycles. The van der Waals surface area contributed by atoms with Crippen molar-refractivity contribution in [2.24, 2.45) is 5.73 Å². The number of rotatable bonds is 9. The molecular weight excluding hydrogens is 261 g/mol.